The second kappa shape index (κ2) is 6.25. The molecule has 0 bridgehead atoms. The van der Waals surface area contributed by atoms with Gasteiger partial charge in [0.2, 0.25) is 10.0 Å². The van der Waals surface area contributed by atoms with Crippen LogP contribution in [0.25, 0.3) is 0 Å². The lowest BCUT2D eigenvalue weighted by Gasteiger charge is -2.05. The number of hydrogen-bond acceptors (Lipinski definition) is 6. The van der Waals surface area contributed by atoms with Crippen molar-refractivity contribution in [3.8, 4) is 0 Å². The minimum absolute atomic E-state index is 0.0289. The number of carboxylic acids is 1. The number of hydrogen-bond donors (Lipinski definition) is 2. The topological polar surface area (TPSA) is 116 Å². The Morgan fingerprint density at radius 3 is 2.67 bits per heavy atom. The first-order valence-corrected chi connectivity index (χ1v) is 7.23. The Hall–Kier alpha value is -1.00. The summed E-state index contributed by atoms with van der Waals surface area (Å²) >= 11 is 0.805. The predicted molar refractivity (Wildman–Crippen MR) is 64.2 cm³/mol. The molecule has 0 atom stereocenters. The number of carboxylic acid groups (broad SMARTS) is 1. The first kappa shape index (κ1) is 15.1. The van der Waals surface area contributed by atoms with Crippen LogP contribution in [0.15, 0.2) is 10.3 Å². The summed E-state index contributed by atoms with van der Waals surface area (Å²) < 4.78 is 32.7. The zero-order valence-corrected chi connectivity index (χ0v) is 11.2. The summed E-state index contributed by atoms with van der Waals surface area (Å²) in [7, 11) is -2.58. The van der Waals surface area contributed by atoms with E-state index in [4.69, 9.17) is 19.7 Å². The van der Waals surface area contributed by atoms with Crippen LogP contribution in [0.1, 0.15) is 15.2 Å². The molecule has 1 heterocycles. The van der Waals surface area contributed by atoms with Crippen LogP contribution in [0.2, 0.25) is 0 Å². The Morgan fingerprint density at radius 2 is 2.17 bits per heavy atom. The van der Waals surface area contributed by atoms with Crippen LogP contribution >= 0.6 is 11.3 Å². The number of carbonyl (C=O) groups is 1. The van der Waals surface area contributed by atoms with Gasteiger partial charge < -0.3 is 14.6 Å². The Bertz CT molecular complexity index is 521. The van der Waals surface area contributed by atoms with Gasteiger partial charge in [0.1, 0.15) is 9.77 Å². The molecular weight excluding hydrogens is 282 g/mol. The summed E-state index contributed by atoms with van der Waals surface area (Å²) in [4.78, 5) is 10.2. The fourth-order valence-electron chi connectivity index (χ4n) is 1.27. The van der Waals surface area contributed by atoms with Gasteiger partial charge in [-0.3, -0.25) is 0 Å². The number of aromatic carboxylic acids is 1. The summed E-state index contributed by atoms with van der Waals surface area (Å²) in [6, 6.07) is 0. The molecule has 0 unspecified atom stereocenters. The molecule has 0 amide bonds. The lowest BCUT2D eigenvalue weighted by Crippen LogP contribution is -2.17. The van der Waals surface area contributed by atoms with Crippen molar-refractivity contribution in [2.75, 3.05) is 20.3 Å². The third-order valence-corrected chi connectivity index (χ3v) is 4.17. The molecule has 0 radical (unpaired) electrons. The highest BCUT2D eigenvalue weighted by Crippen LogP contribution is 2.27. The third-order valence-electron chi connectivity index (χ3n) is 1.99. The molecule has 1 aromatic heterocycles. The Labute approximate surface area is 108 Å². The van der Waals surface area contributed by atoms with Crippen molar-refractivity contribution in [1.29, 1.82) is 0 Å². The number of ether oxygens (including phenoxy) is 2. The number of nitrogens with two attached hydrogens (primary N) is 1. The molecule has 0 saturated carbocycles. The van der Waals surface area contributed by atoms with Crippen molar-refractivity contribution >= 4 is 27.3 Å². The van der Waals surface area contributed by atoms with E-state index in [2.05, 4.69) is 0 Å². The molecule has 1 aromatic rings. The molecule has 102 valence electrons. The molecule has 0 spiro atoms. The molecule has 7 nitrogen and oxygen atoms in total. The fraction of sp³-hybridized carbons (Fsp3) is 0.444. The zero-order chi connectivity index (χ0) is 13.8. The molecule has 0 aromatic carbocycles. The van der Waals surface area contributed by atoms with E-state index in [1.165, 1.54) is 12.5 Å². The summed E-state index contributed by atoms with van der Waals surface area (Å²) in [5.41, 5.74) is 0.246. The van der Waals surface area contributed by atoms with Crippen molar-refractivity contribution in [3.05, 3.63) is 15.8 Å². The molecular formula is C9H13NO6S2. The van der Waals surface area contributed by atoms with E-state index in [-0.39, 0.29) is 28.5 Å². The maximum Gasteiger partial charge on any atom is 0.347 e. The average molecular weight is 295 g/mol. The molecule has 0 saturated heterocycles. The van der Waals surface area contributed by atoms with E-state index in [1.54, 1.807) is 0 Å². The third kappa shape index (κ3) is 3.75. The van der Waals surface area contributed by atoms with Crippen LogP contribution in [-0.2, 0) is 26.1 Å². The van der Waals surface area contributed by atoms with Crippen molar-refractivity contribution in [2.24, 2.45) is 5.14 Å². The molecule has 0 aliphatic carbocycles. The zero-order valence-electron chi connectivity index (χ0n) is 9.58. The van der Waals surface area contributed by atoms with Gasteiger partial charge in [-0.15, -0.1) is 11.3 Å². The van der Waals surface area contributed by atoms with Crippen molar-refractivity contribution in [2.45, 2.75) is 11.5 Å². The van der Waals surface area contributed by atoms with Crippen LogP contribution < -0.4 is 5.14 Å². The van der Waals surface area contributed by atoms with Gasteiger partial charge in [-0.1, -0.05) is 0 Å². The van der Waals surface area contributed by atoms with Crippen molar-refractivity contribution in [1.82, 2.24) is 0 Å². The van der Waals surface area contributed by atoms with Crippen LogP contribution in [0.5, 0.6) is 0 Å². The highest BCUT2D eigenvalue weighted by Gasteiger charge is 2.25. The molecule has 0 aliphatic rings. The first-order valence-electron chi connectivity index (χ1n) is 4.81. The largest absolute Gasteiger partial charge is 0.477 e. The lowest BCUT2D eigenvalue weighted by molar-refractivity contribution is 0.0606. The molecule has 0 fully saturated rings. The van der Waals surface area contributed by atoms with Crippen LogP contribution in [0.4, 0.5) is 0 Å². The number of sulfonamides is 1. The van der Waals surface area contributed by atoms with E-state index in [9.17, 15) is 13.2 Å². The highest BCUT2D eigenvalue weighted by molar-refractivity contribution is 7.89. The average Bonchev–Trinajstić information content (AvgIpc) is 2.68. The summed E-state index contributed by atoms with van der Waals surface area (Å²) in [5.74, 6) is -1.33. The van der Waals surface area contributed by atoms with Gasteiger partial charge >= 0.3 is 5.97 Å². The molecule has 3 N–H and O–H groups in total. The van der Waals surface area contributed by atoms with E-state index >= 15 is 0 Å². The van der Waals surface area contributed by atoms with E-state index in [1.807, 2.05) is 0 Å². The predicted octanol–water partition coefficient (Wildman–Crippen LogP) is 0.257. The maximum atomic E-state index is 11.4. The van der Waals surface area contributed by atoms with Gasteiger partial charge in [0.25, 0.3) is 0 Å². The molecule has 0 aliphatic heterocycles. The van der Waals surface area contributed by atoms with E-state index in [0.717, 1.165) is 11.3 Å². The second-order valence-electron chi connectivity index (χ2n) is 3.31. The Morgan fingerprint density at radius 1 is 1.50 bits per heavy atom. The molecule has 1 rings (SSSR count). The van der Waals surface area contributed by atoms with Gasteiger partial charge in [-0.25, -0.2) is 18.4 Å². The minimum Gasteiger partial charge on any atom is -0.477 e. The number of primary sulfonamides is 1. The van der Waals surface area contributed by atoms with Crippen LogP contribution in [0, 0.1) is 0 Å². The van der Waals surface area contributed by atoms with Gasteiger partial charge in [0.15, 0.2) is 0 Å². The standard InChI is InChI=1S/C9H13NO6S2/c1-15-2-3-16-4-6-5-17-7(9(11)12)8(6)18(10,13)14/h5H,2-4H2,1H3,(H,11,12)(H2,10,13,14). The molecule has 18 heavy (non-hydrogen) atoms. The first-order chi connectivity index (χ1) is 8.38. The molecule has 9 heteroatoms. The smallest absolute Gasteiger partial charge is 0.347 e. The lowest BCUT2D eigenvalue weighted by atomic mass is 10.3. The van der Waals surface area contributed by atoms with Gasteiger partial charge in [0.05, 0.1) is 19.8 Å². The maximum absolute atomic E-state index is 11.4. The Balaban J connectivity index is 2.96. The summed E-state index contributed by atoms with van der Waals surface area (Å²) in [6.45, 7) is 0.609. The normalized spacial score (nSPS) is 11.7. The van der Waals surface area contributed by atoms with Gasteiger partial charge in [0, 0.05) is 12.7 Å². The van der Waals surface area contributed by atoms with E-state index in [0.29, 0.717) is 6.61 Å². The van der Waals surface area contributed by atoms with E-state index < -0.39 is 16.0 Å². The quantitative estimate of drug-likeness (QED) is 0.697. The highest BCUT2D eigenvalue weighted by atomic mass is 32.2. The number of thiophene rings is 1. The SMILES string of the molecule is COCCOCc1csc(C(=O)O)c1S(N)(=O)=O. The van der Waals surface area contributed by atoms with Crippen molar-refractivity contribution < 1.29 is 27.8 Å². The van der Waals surface area contributed by atoms with Gasteiger partial charge in [-0.2, -0.15) is 0 Å². The monoisotopic (exact) mass is 295 g/mol. The van der Waals surface area contributed by atoms with Crippen LogP contribution in [0.3, 0.4) is 0 Å². The number of rotatable bonds is 7. The number of methoxy groups -OCH3 is 1. The van der Waals surface area contributed by atoms with Crippen LogP contribution in [-0.4, -0.2) is 39.8 Å². The van der Waals surface area contributed by atoms with Crippen molar-refractivity contribution in [3.63, 3.8) is 0 Å². The second-order valence-corrected chi connectivity index (χ2v) is 5.69. The summed E-state index contributed by atoms with van der Waals surface area (Å²) in [6.07, 6.45) is 0. The summed E-state index contributed by atoms with van der Waals surface area (Å²) in [5, 5.41) is 15.3. The fourth-order valence-corrected chi connectivity index (χ4v) is 3.45. The Kier molecular flexibility index (Phi) is 5.23. The van der Waals surface area contributed by atoms with Gasteiger partial charge in [-0.05, 0) is 5.38 Å². The minimum atomic E-state index is -4.09.